The maximum atomic E-state index is 13.1. The average molecular weight is 404 g/mol. The van der Waals surface area contributed by atoms with Crippen LogP contribution in [0.4, 0.5) is 5.69 Å². The Labute approximate surface area is 170 Å². The van der Waals surface area contributed by atoms with Crippen molar-refractivity contribution in [3.05, 3.63) is 24.3 Å². The van der Waals surface area contributed by atoms with Crippen LogP contribution >= 0.6 is 0 Å². The molecule has 29 heavy (non-hydrogen) atoms. The van der Waals surface area contributed by atoms with Gasteiger partial charge in [-0.2, -0.15) is 0 Å². The van der Waals surface area contributed by atoms with Crippen LogP contribution in [0.3, 0.4) is 0 Å². The minimum absolute atomic E-state index is 0.110. The molecule has 3 N–H and O–H groups in total. The number of anilines is 1. The van der Waals surface area contributed by atoms with E-state index in [0.717, 1.165) is 0 Å². The number of hydrogen-bond donors (Lipinski definition) is 2. The zero-order valence-electron chi connectivity index (χ0n) is 17.2. The number of carbonyl (C=O) groups is 3. The Morgan fingerprint density at radius 3 is 2.52 bits per heavy atom. The number of hydrogen-bond acceptors (Lipinski definition) is 7. The predicted molar refractivity (Wildman–Crippen MR) is 105 cm³/mol. The molecule has 0 heterocycles. The summed E-state index contributed by atoms with van der Waals surface area (Å²) in [5.41, 5.74) is 4.77. The van der Waals surface area contributed by atoms with Crippen molar-refractivity contribution in [3.63, 3.8) is 0 Å². The predicted octanol–water partition coefficient (Wildman–Crippen LogP) is 1.73. The van der Waals surface area contributed by atoms with E-state index in [1.807, 2.05) is 0 Å². The molecule has 0 bridgehead atoms. The van der Waals surface area contributed by atoms with Crippen LogP contribution in [0.25, 0.3) is 0 Å². The standard InChI is InChI=1S/C21H28N2O6/c1-5-28-18(25)16-15-14(11-21(22,20(15,16)3)19(26)29-6-2)17(24)23-12-8-7-9-13(10-12)27-4/h7-10,14-16H,5-6,11,22H2,1-4H3,(H,23,24). The highest BCUT2D eigenvalue weighted by Gasteiger charge is 2.83. The molecule has 3 rings (SSSR count). The van der Waals surface area contributed by atoms with Crippen LogP contribution in [0.2, 0.25) is 0 Å². The Morgan fingerprint density at radius 1 is 1.21 bits per heavy atom. The van der Waals surface area contributed by atoms with Crippen LogP contribution in [-0.2, 0) is 23.9 Å². The number of ether oxygens (including phenoxy) is 3. The number of benzene rings is 1. The van der Waals surface area contributed by atoms with Crippen LogP contribution < -0.4 is 15.8 Å². The van der Waals surface area contributed by atoms with Gasteiger partial charge in [0.15, 0.2) is 0 Å². The van der Waals surface area contributed by atoms with E-state index in [1.165, 1.54) is 0 Å². The van der Waals surface area contributed by atoms with Crippen molar-refractivity contribution in [2.24, 2.45) is 28.9 Å². The van der Waals surface area contributed by atoms with Gasteiger partial charge in [-0.3, -0.25) is 14.4 Å². The van der Waals surface area contributed by atoms with Gasteiger partial charge in [0.2, 0.25) is 5.91 Å². The van der Waals surface area contributed by atoms with Gasteiger partial charge < -0.3 is 25.3 Å². The number of carbonyl (C=O) groups excluding carboxylic acids is 3. The fourth-order valence-electron chi connectivity index (χ4n) is 4.84. The molecule has 0 spiro atoms. The van der Waals surface area contributed by atoms with Crippen LogP contribution in [0, 0.1) is 23.2 Å². The molecule has 1 amide bonds. The summed E-state index contributed by atoms with van der Waals surface area (Å²) >= 11 is 0. The monoisotopic (exact) mass is 404 g/mol. The molecule has 1 aromatic carbocycles. The minimum Gasteiger partial charge on any atom is -0.497 e. The lowest BCUT2D eigenvalue weighted by atomic mass is 9.80. The summed E-state index contributed by atoms with van der Waals surface area (Å²) in [5.74, 6) is -2.33. The third-order valence-electron chi connectivity index (χ3n) is 6.38. The number of nitrogens with two attached hydrogens (primary N) is 1. The number of nitrogens with one attached hydrogen (secondary N) is 1. The largest absolute Gasteiger partial charge is 0.497 e. The Kier molecular flexibility index (Phi) is 5.58. The third kappa shape index (κ3) is 3.25. The quantitative estimate of drug-likeness (QED) is 0.665. The summed E-state index contributed by atoms with van der Waals surface area (Å²) in [5, 5.41) is 2.85. The topological polar surface area (TPSA) is 117 Å². The summed E-state index contributed by atoms with van der Waals surface area (Å²) in [6.45, 7) is 5.57. The molecule has 0 aliphatic heterocycles. The van der Waals surface area contributed by atoms with E-state index in [2.05, 4.69) is 5.32 Å². The lowest BCUT2D eigenvalue weighted by Crippen LogP contribution is -2.56. The second-order valence-corrected chi connectivity index (χ2v) is 7.76. The smallest absolute Gasteiger partial charge is 0.326 e. The molecule has 158 valence electrons. The molecule has 5 atom stereocenters. The Balaban J connectivity index is 1.88. The fourth-order valence-corrected chi connectivity index (χ4v) is 4.84. The van der Waals surface area contributed by atoms with E-state index in [-0.39, 0.29) is 31.5 Å². The van der Waals surface area contributed by atoms with Crippen molar-refractivity contribution in [3.8, 4) is 5.75 Å². The Bertz CT molecular complexity index is 827. The summed E-state index contributed by atoms with van der Waals surface area (Å²) < 4.78 is 15.6. The molecule has 2 saturated carbocycles. The van der Waals surface area contributed by atoms with E-state index in [1.54, 1.807) is 52.1 Å². The summed E-state index contributed by atoms with van der Waals surface area (Å²) in [4.78, 5) is 38.3. The fraction of sp³-hybridized carbons (Fsp3) is 0.571. The first-order valence-electron chi connectivity index (χ1n) is 9.82. The molecule has 8 heteroatoms. The normalized spacial score (nSPS) is 32.1. The van der Waals surface area contributed by atoms with Crippen molar-refractivity contribution in [2.75, 3.05) is 25.6 Å². The van der Waals surface area contributed by atoms with E-state index in [0.29, 0.717) is 11.4 Å². The van der Waals surface area contributed by atoms with Crippen LogP contribution in [0.15, 0.2) is 24.3 Å². The van der Waals surface area contributed by atoms with Crippen molar-refractivity contribution < 1.29 is 28.6 Å². The second kappa shape index (κ2) is 7.67. The summed E-state index contributed by atoms with van der Waals surface area (Å²) in [6, 6.07) is 6.97. The molecule has 1 aromatic rings. The first-order chi connectivity index (χ1) is 13.7. The zero-order valence-corrected chi connectivity index (χ0v) is 17.2. The molecule has 2 aliphatic rings. The van der Waals surface area contributed by atoms with Gasteiger partial charge in [0.05, 0.1) is 26.2 Å². The van der Waals surface area contributed by atoms with Crippen molar-refractivity contribution >= 4 is 23.5 Å². The molecular formula is C21H28N2O6. The lowest BCUT2D eigenvalue weighted by molar-refractivity contribution is -0.154. The van der Waals surface area contributed by atoms with Crippen LogP contribution in [-0.4, -0.2) is 43.7 Å². The summed E-state index contributed by atoms with van der Waals surface area (Å²) in [7, 11) is 1.54. The van der Waals surface area contributed by atoms with Gasteiger partial charge in [-0.25, -0.2) is 0 Å². The van der Waals surface area contributed by atoms with Crippen LogP contribution in [0.1, 0.15) is 27.2 Å². The van der Waals surface area contributed by atoms with Gasteiger partial charge >= 0.3 is 11.9 Å². The SMILES string of the molecule is CCOC(=O)C1C2C(C(=O)Nc3cccc(OC)c3)CC(N)(C(=O)OCC)C12C. The van der Waals surface area contributed by atoms with E-state index < -0.39 is 34.7 Å². The first kappa shape index (κ1) is 21.1. The number of methoxy groups -OCH3 is 1. The van der Waals surface area contributed by atoms with E-state index in [9.17, 15) is 14.4 Å². The van der Waals surface area contributed by atoms with Gasteiger partial charge in [0.1, 0.15) is 11.3 Å². The number of rotatable bonds is 7. The molecule has 2 fully saturated rings. The number of fused-ring (bicyclic) bond motifs is 1. The average Bonchev–Trinajstić information content (AvgIpc) is 3.25. The molecule has 0 aromatic heterocycles. The van der Waals surface area contributed by atoms with Crippen molar-refractivity contribution in [2.45, 2.75) is 32.7 Å². The Morgan fingerprint density at radius 2 is 1.90 bits per heavy atom. The minimum atomic E-state index is -1.43. The molecule has 8 nitrogen and oxygen atoms in total. The molecule has 0 radical (unpaired) electrons. The van der Waals surface area contributed by atoms with Crippen molar-refractivity contribution in [1.29, 1.82) is 0 Å². The second-order valence-electron chi connectivity index (χ2n) is 7.76. The highest BCUT2D eigenvalue weighted by Crippen LogP contribution is 2.74. The number of esters is 2. The van der Waals surface area contributed by atoms with Crippen molar-refractivity contribution in [1.82, 2.24) is 0 Å². The molecule has 5 unspecified atom stereocenters. The lowest BCUT2D eigenvalue weighted by Gasteiger charge is -2.31. The molecule has 0 saturated heterocycles. The van der Waals surface area contributed by atoms with Gasteiger partial charge in [0.25, 0.3) is 0 Å². The Hall–Kier alpha value is -2.61. The first-order valence-corrected chi connectivity index (χ1v) is 9.82. The molecular weight excluding hydrogens is 376 g/mol. The van der Waals surface area contributed by atoms with Gasteiger partial charge in [-0.1, -0.05) is 13.0 Å². The molecule has 2 aliphatic carbocycles. The number of amides is 1. The summed E-state index contributed by atoms with van der Waals surface area (Å²) in [6.07, 6.45) is 0.110. The highest BCUT2D eigenvalue weighted by molar-refractivity contribution is 5.98. The van der Waals surface area contributed by atoms with Crippen LogP contribution in [0.5, 0.6) is 5.75 Å². The van der Waals surface area contributed by atoms with Gasteiger partial charge in [-0.05, 0) is 38.3 Å². The van der Waals surface area contributed by atoms with Gasteiger partial charge in [0, 0.05) is 23.1 Å². The maximum absolute atomic E-state index is 13.1. The van der Waals surface area contributed by atoms with Gasteiger partial charge in [-0.15, -0.1) is 0 Å². The van der Waals surface area contributed by atoms with E-state index >= 15 is 0 Å². The highest BCUT2D eigenvalue weighted by atomic mass is 16.5. The maximum Gasteiger partial charge on any atom is 0.326 e. The zero-order chi connectivity index (χ0) is 21.4. The van der Waals surface area contributed by atoms with E-state index in [4.69, 9.17) is 19.9 Å². The third-order valence-corrected chi connectivity index (χ3v) is 6.38.